The molecule has 20 heavy (non-hydrogen) atoms. The molecule has 0 amide bonds. The Morgan fingerprint density at radius 2 is 1.80 bits per heavy atom. The van der Waals surface area contributed by atoms with Crippen molar-refractivity contribution >= 4 is 5.82 Å². The molecule has 106 valence electrons. The second-order valence-electron chi connectivity index (χ2n) is 4.71. The van der Waals surface area contributed by atoms with Crippen LogP contribution in [0.3, 0.4) is 0 Å². The molecule has 1 heterocycles. The summed E-state index contributed by atoms with van der Waals surface area (Å²) >= 11 is 0. The molecular weight excluding hydrogens is 248 g/mol. The first kappa shape index (κ1) is 14.5. The van der Waals surface area contributed by atoms with Crippen molar-refractivity contribution in [3.05, 3.63) is 54.0 Å². The van der Waals surface area contributed by atoms with Gasteiger partial charge in [-0.3, -0.25) is 9.88 Å². The summed E-state index contributed by atoms with van der Waals surface area (Å²) in [5, 5.41) is 3.15. The molecular formula is C16H22N4. The lowest BCUT2D eigenvalue weighted by molar-refractivity contribution is 0.268. The second-order valence-corrected chi connectivity index (χ2v) is 4.71. The van der Waals surface area contributed by atoms with Crippen LogP contribution >= 0.6 is 0 Å². The molecule has 0 aliphatic carbocycles. The molecule has 2 rings (SSSR count). The number of rotatable bonds is 7. The largest absolute Gasteiger partial charge is 0.369 e. The SMILES string of the molecule is CCNc1cnc(CN(CC)Cc2ccccc2)cn1. The molecule has 0 atom stereocenters. The number of aromatic nitrogens is 2. The van der Waals surface area contributed by atoms with E-state index in [2.05, 4.69) is 51.4 Å². The predicted molar refractivity (Wildman–Crippen MR) is 82.4 cm³/mol. The number of nitrogens with zero attached hydrogens (tertiary/aromatic N) is 3. The second kappa shape index (κ2) is 7.60. The molecule has 0 fully saturated rings. The van der Waals surface area contributed by atoms with Crippen molar-refractivity contribution in [2.24, 2.45) is 0 Å². The Morgan fingerprint density at radius 1 is 1.00 bits per heavy atom. The van der Waals surface area contributed by atoms with Gasteiger partial charge in [-0.25, -0.2) is 4.98 Å². The molecule has 0 saturated carbocycles. The van der Waals surface area contributed by atoms with E-state index in [9.17, 15) is 0 Å². The van der Waals surface area contributed by atoms with E-state index in [0.29, 0.717) is 0 Å². The Hall–Kier alpha value is -1.94. The third-order valence-corrected chi connectivity index (χ3v) is 3.15. The average Bonchev–Trinajstić information content (AvgIpc) is 2.50. The molecule has 2 aromatic rings. The zero-order chi connectivity index (χ0) is 14.2. The molecule has 4 heteroatoms. The van der Waals surface area contributed by atoms with E-state index in [1.54, 1.807) is 6.20 Å². The van der Waals surface area contributed by atoms with Crippen LogP contribution in [0.15, 0.2) is 42.7 Å². The lowest BCUT2D eigenvalue weighted by Crippen LogP contribution is -2.23. The van der Waals surface area contributed by atoms with E-state index in [1.165, 1.54) is 5.56 Å². The Morgan fingerprint density at radius 3 is 2.40 bits per heavy atom. The van der Waals surface area contributed by atoms with Crippen molar-refractivity contribution in [3.63, 3.8) is 0 Å². The number of anilines is 1. The van der Waals surface area contributed by atoms with Gasteiger partial charge in [-0.15, -0.1) is 0 Å². The standard InChI is InChI=1S/C16H22N4/c1-3-17-16-11-18-15(10-19-16)13-20(4-2)12-14-8-6-5-7-9-14/h5-11H,3-4,12-13H2,1-2H3,(H,17,19). The van der Waals surface area contributed by atoms with E-state index in [-0.39, 0.29) is 0 Å². The Labute approximate surface area is 120 Å². The zero-order valence-corrected chi connectivity index (χ0v) is 12.2. The highest BCUT2D eigenvalue weighted by Gasteiger charge is 2.06. The van der Waals surface area contributed by atoms with Gasteiger partial charge >= 0.3 is 0 Å². The van der Waals surface area contributed by atoms with E-state index in [4.69, 9.17) is 0 Å². The predicted octanol–water partition coefficient (Wildman–Crippen LogP) is 2.93. The fourth-order valence-corrected chi connectivity index (χ4v) is 2.06. The number of hydrogen-bond acceptors (Lipinski definition) is 4. The lowest BCUT2D eigenvalue weighted by atomic mass is 10.2. The maximum absolute atomic E-state index is 4.46. The lowest BCUT2D eigenvalue weighted by Gasteiger charge is -2.20. The van der Waals surface area contributed by atoms with Gasteiger partial charge in [-0.1, -0.05) is 37.3 Å². The van der Waals surface area contributed by atoms with Crippen LogP contribution in [-0.4, -0.2) is 28.0 Å². The molecule has 0 bridgehead atoms. The molecule has 0 radical (unpaired) electrons. The van der Waals surface area contributed by atoms with Gasteiger partial charge in [0.1, 0.15) is 5.82 Å². The monoisotopic (exact) mass is 270 g/mol. The van der Waals surface area contributed by atoms with E-state index in [1.807, 2.05) is 19.2 Å². The molecule has 0 unspecified atom stereocenters. The fraction of sp³-hybridized carbons (Fsp3) is 0.375. The van der Waals surface area contributed by atoms with Crippen LogP contribution in [0.5, 0.6) is 0 Å². The topological polar surface area (TPSA) is 41.1 Å². The highest BCUT2D eigenvalue weighted by Crippen LogP contribution is 2.08. The van der Waals surface area contributed by atoms with Crippen molar-refractivity contribution in [2.45, 2.75) is 26.9 Å². The van der Waals surface area contributed by atoms with Crippen molar-refractivity contribution in [3.8, 4) is 0 Å². The van der Waals surface area contributed by atoms with Crippen LogP contribution in [-0.2, 0) is 13.1 Å². The molecule has 1 aromatic heterocycles. The highest BCUT2D eigenvalue weighted by atomic mass is 15.1. The van der Waals surface area contributed by atoms with Crippen LogP contribution in [0.4, 0.5) is 5.82 Å². The zero-order valence-electron chi connectivity index (χ0n) is 12.2. The van der Waals surface area contributed by atoms with Crippen LogP contribution in [0, 0.1) is 0 Å². The minimum absolute atomic E-state index is 0.824. The molecule has 1 aromatic carbocycles. The Balaban J connectivity index is 1.95. The molecule has 0 aliphatic rings. The molecule has 4 nitrogen and oxygen atoms in total. The van der Waals surface area contributed by atoms with Crippen molar-refractivity contribution in [1.82, 2.24) is 14.9 Å². The van der Waals surface area contributed by atoms with Crippen molar-refractivity contribution in [1.29, 1.82) is 0 Å². The molecule has 1 N–H and O–H groups in total. The smallest absolute Gasteiger partial charge is 0.144 e. The Bertz CT molecular complexity index is 496. The third kappa shape index (κ3) is 4.31. The summed E-state index contributed by atoms with van der Waals surface area (Å²) in [7, 11) is 0. The first-order chi connectivity index (χ1) is 9.81. The van der Waals surface area contributed by atoms with Crippen LogP contribution in [0.2, 0.25) is 0 Å². The van der Waals surface area contributed by atoms with Gasteiger partial charge in [0.15, 0.2) is 0 Å². The molecule has 0 spiro atoms. The van der Waals surface area contributed by atoms with Gasteiger partial charge in [0, 0.05) is 19.6 Å². The normalized spacial score (nSPS) is 10.8. The first-order valence-electron chi connectivity index (χ1n) is 7.13. The highest BCUT2D eigenvalue weighted by molar-refractivity contribution is 5.30. The third-order valence-electron chi connectivity index (χ3n) is 3.15. The fourth-order valence-electron chi connectivity index (χ4n) is 2.06. The maximum atomic E-state index is 4.46. The van der Waals surface area contributed by atoms with Gasteiger partial charge in [0.25, 0.3) is 0 Å². The van der Waals surface area contributed by atoms with Crippen LogP contribution in [0.25, 0.3) is 0 Å². The summed E-state index contributed by atoms with van der Waals surface area (Å²) in [6.45, 7) is 7.84. The van der Waals surface area contributed by atoms with Gasteiger partial charge in [0.2, 0.25) is 0 Å². The number of benzene rings is 1. The van der Waals surface area contributed by atoms with Crippen molar-refractivity contribution < 1.29 is 0 Å². The van der Waals surface area contributed by atoms with Crippen LogP contribution in [0.1, 0.15) is 25.1 Å². The molecule has 0 aliphatic heterocycles. The van der Waals surface area contributed by atoms with Crippen molar-refractivity contribution in [2.75, 3.05) is 18.4 Å². The van der Waals surface area contributed by atoms with Gasteiger partial charge in [0.05, 0.1) is 18.1 Å². The number of hydrogen-bond donors (Lipinski definition) is 1. The minimum Gasteiger partial charge on any atom is -0.369 e. The average molecular weight is 270 g/mol. The number of nitrogens with one attached hydrogen (secondary N) is 1. The van der Waals surface area contributed by atoms with Gasteiger partial charge in [-0.05, 0) is 19.0 Å². The quantitative estimate of drug-likeness (QED) is 0.840. The molecule has 0 saturated heterocycles. The van der Waals surface area contributed by atoms with E-state index >= 15 is 0 Å². The maximum Gasteiger partial charge on any atom is 0.144 e. The summed E-state index contributed by atoms with van der Waals surface area (Å²) in [4.78, 5) is 11.2. The van der Waals surface area contributed by atoms with E-state index in [0.717, 1.165) is 37.7 Å². The van der Waals surface area contributed by atoms with E-state index < -0.39 is 0 Å². The summed E-state index contributed by atoms with van der Waals surface area (Å²) < 4.78 is 0. The van der Waals surface area contributed by atoms with Gasteiger partial charge < -0.3 is 5.32 Å². The first-order valence-corrected chi connectivity index (χ1v) is 7.13. The summed E-state index contributed by atoms with van der Waals surface area (Å²) in [5.41, 5.74) is 2.33. The summed E-state index contributed by atoms with van der Waals surface area (Å²) in [5.74, 6) is 0.836. The Kier molecular flexibility index (Phi) is 5.50. The van der Waals surface area contributed by atoms with Crippen LogP contribution < -0.4 is 5.32 Å². The minimum atomic E-state index is 0.824. The van der Waals surface area contributed by atoms with Gasteiger partial charge in [-0.2, -0.15) is 0 Å². The summed E-state index contributed by atoms with van der Waals surface area (Å²) in [6.07, 6.45) is 3.65. The summed E-state index contributed by atoms with van der Waals surface area (Å²) in [6, 6.07) is 10.5.